The topological polar surface area (TPSA) is 69.6 Å². The first-order valence-corrected chi connectivity index (χ1v) is 7.77. The highest BCUT2D eigenvalue weighted by Crippen LogP contribution is 2.23. The van der Waals surface area contributed by atoms with E-state index in [-0.39, 0.29) is 17.9 Å². The molecule has 1 aliphatic heterocycles. The lowest BCUT2D eigenvalue weighted by Gasteiger charge is -2.35. The molecule has 1 saturated heterocycles. The molecule has 0 saturated carbocycles. The van der Waals surface area contributed by atoms with Gasteiger partial charge in [-0.2, -0.15) is 0 Å². The van der Waals surface area contributed by atoms with E-state index in [1.807, 2.05) is 36.1 Å². The summed E-state index contributed by atoms with van der Waals surface area (Å²) in [6.45, 7) is 2.91. The average molecular weight is 355 g/mol. The van der Waals surface area contributed by atoms with Crippen LogP contribution < -0.4 is 5.32 Å². The zero-order valence-corrected chi connectivity index (χ0v) is 13.5. The minimum absolute atomic E-state index is 0.0713. The molecule has 21 heavy (non-hydrogen) atoms. The lowest BCUT2D eigenvalue weighted by Crippen LogP contribution is -2.46. The molecule has 1 amide bonds. The summed E-state index contributed by atoms with van der Waals surface area (Å²) in [6.07, 6.45) is 1.20. The number of carboxylic acid groups (broad SMARTS) is 1. The molecule has 5 nitrogen and oxygen atoms in total. The van der Waals surface area contributed by atoms with Crippen molar-refractivity contribution in [3.8, 4) is 0 Å². The van der Waals surface area contributed by atoms with Gasteiger partial charge in [0, 0.05) is 16.2 Å². The van der Waals surface area contributed by atoms with Gasteiger partial charge < -0.3 is 10.4 Å². The first-order valence-electron chi connectivity index (χ1n) is 6.98. The predicted octanol–water partition coefficient (Wildman–Crippen LogP) is 2.57. The Labute approximate surface area is 132 Å². The van der Waals surface area contributed by atoms with Crippen LogP contribution >= 0.6 is 15.9 Å². The van der Waals surface area contributed by atoms with Crippen molar-refractivity contribution in [1.82, 2.24) is 4.90 Å². The molecule has 1 aliphatic rings. The Balaban J connectivity index is 1.85. The monoisotopic (exact) mass is 354 g/mol. The maximum absolute atomic E-state index is 12.0. The summed E-state index contributed by atoms with van der Waals surface area (Å²) in [5.41, 5.74) is 0.760. The van der Waals surface area contributed by atoms with E-state index < -0.39 is 5.97 Å². The number of likely N-dealkylation sites (tertiary alicyclic amines) is 1. The van der Waals surface area contributed by atoms with E-state index >= 15 is 0 Å². The van der Waals surface area contributed by atoms with Crippen LogP contribution in [0.1, 0.15) is 19.8 Å². The van der Waals surface area contributed by atoms with Crippen LogP contribution in [0.4, 0.5) is 5.69 Å². The van der Waals surface area contributed by atoms with E-state index in [0.29, 0.717) is 25.9 Å². The number of aliphatic carboxylic acids is 1. The number of carbonyl (C=O) groups is 2. The highest BCUT2D eigenvalue weighted by molar-refractivity contribution is 9.10. The van der Waals surface area contributed by atoms with Gasteiger partial charge in [-0.1, -0.05) is 15.9 Å². The first-order chi connectivity index (χ1) is 9.95. The van der Waals surface area contributed by atoms with Gasteiger partial charge in [-0.05, 0) is 50.6 Å². The van der Waals surface area contributed by atoms with Gasteiger partial charge in [0.2, 0.25) is 5.91 Å². The van der Waals surface area contributed by atoms with Gasteiger partial charge >= 0.3 is 5.97 Å². The molecular weight excluding hydrogens is 336 g/mol. The minimum Gasteiger partial charge on any atom is -0.481 e. The van der Waals surface area contributed by atoms with Crippen molar-refractivity contribution in [1.29, 1.82) is 0 Å². The number of amides is 1. The third kappa shape index (κ3) is 4.54. The van der Waals surface area contributed by atoms with Crippen LogP contribution in [0.25, 0.3) is 0 Å². The number of rotatable bonds is 4. The van der Waals surface area contributed by atoms with Crippen molar-refractivity contribution >= 4 is 33.5 Å². The number of carbonyl (C=O) groups excluding carboxylic acids is 1. The molecule has 2 unspecified atom stereocenters. The Bertz CT molecular complexity index is 518. The molecule has 0 bridgehead atoms. The second kappa shape index (κ2) is 7.04. The maximum Gasteiger partial charge on any atom is 0.306 e. The Morgan fingerprint density at radius 2 is 2.05 bits per heavy atom. The van der Waals surface area contributed by atoms with Crippen LogP contribution in [0.2, 0.25) is 0 Å². The molecular formula is C15H19BrN2O3. The summed E-state index contributed by atoms with van der Waals surface area (Å²) in [5.74, 6) is -1.09. The molecule has 1 heterocycles. The van der Waals surface area contributed by atoms with Gasteiger partial charge in [-0.3, -0.25) is 14.5 Å². The molecule has 0 aliphatic carbocycles. The van der Waals surface area contributed by atoms with Crippen LogP contribution in [-0.2, 0) is 9.59 Å². The van der Waals surface area contributed by atoms with E-state index in [1.165, 1.54) is 0 Å². The van der Waals surface area contributed by atoms with Crippen molar-refractivity contribution in [3.05, 3.63) is 28.7 Å². The van der Waals surface area contributed by atoms with Crippen LogP contribution in [0.5, 0.6) is 0 Å². The number of hydrogen-bond donors (Lipinski definition) is 2. The molecule has 0 aromatic heterocycles. The quantitative estimate of drug-likeness (QED) is 0.871. The van der Waals surface area contributed by atoms with Gasteiger partial charge in [0.05, 0.1) is 12.5 Å². The second-order valence-corrected chi connectivity index (χ2v) is 6.35. The second-order valence-electron chi connectivity index (χ2n) is 5.43. The zero-order valence-electron chi connectivity index (χ0n) is 11.9. The maximum atomic E-state index is 12.0. The molecule has 0 radical (unpaired) electrons. The molecule has 6 heteroatoms. The Morgan fingerprint density at radius 1 is 1.38 bits per heavy atom. The minimum atomic E-state index is -0.735. The predicted molar refractivity (Wildman–Crippen MR) is 84.2 cm³/mol. The lowest BCUT2D eigenvalue weighted by atomic mass is 9.92. The van der Waals surface area contributed by atoms with Crippen molar-refractivity contribution in [2.24, 2.45) is 5.92 Å². The fourth-order valence-electron chi connectivity index (χ4n) is 2.60. The number of benzene rings is 1. The molecule has 1 aromatic carbocycles. The van der Waals surface area contributed by atoms with Crippen molar-refractivity contribution in [2.75, 3.05) is 18.4 Å². The van der Waals surface area contributed by atoms with E-state index in [2.05, 4.69) is 21.2 Å². The van der Waals surface area contributed by atoms with E-state index in [1.54, 1.807) is 0 Å². The highest BCUT2D eigenvalue weighted by Gasteiger charge is 2.30. The number of anilines is 1. The molecule has 2 N–H and O–H groups in total. The summed E-state index contributed by atoms with van der Waals surface area (Å²) in [5, 5.41) is 11.9. The standard InChI is InChI=1S/C15H19BrN2O3/c1-10-8-11(15(20)21)6-7-18(10)9-14(19)17-13-4-2-12(16)3-5-13/h2-5,10-11H,6-9H2,1H3,(H,17,19)(H,20,21). The largest absolute Gasteiger partial charge is 0.481 e. The number of hydrogen-bond acceptors (Lipinski definition) is 3. The van der Waals surface area contributed by atoms with Gasteiger partial charge in [-0.15, -0.1) is 0 Å². The summed E-state index contributed by atoms with van der Waals surface area (Å²) in [7, 11) is 0. The van der Waals surface area contributed by atoms with E-state index in [9.17, 15) is 9.59 Å². The summed E-state index contributed by atoms with van der Waals surface area (Å²) in [4.78, 5) is 25.1. The molecule has 1 aromatic rings. The molecule has 0 spiro atoms. The Hall–Kier alpha value is -1.40. The van der Waals surface area contributed by atoms with Crippen molar-refractivity contribution in [2.45, 2.75) is 25.8 Å². The van der Waals surface area contributed by atoms with E-state index in [0.717, 1.165) is 10.2 Å². The van der Waals surface area contributed by atoms with Crippen LogP contribution in [-0.4, -0.2) is 41.0 Å². The SMILES string of the molecule is CC1CC(C(=O)O)CCN1CC(=O)Nc1ccc(Br)cc1. The van der Waals surface area contributed by atoms with Crippen molar-refractivity contribution < 1.29 is 14.7 Å². The average Bonchev–Trinajstić information content (AvgIpc) is 2.43. The smallest absolute Gasteiger partial charge is 0.306 e. The normalized spacial score (nSPS) is 22.8. The Kier molecular flexibility index (Phi) is 5.36. The highest BCUT2D eigenvalue weighted by atomic mass is 79.9. The molecule has 2 atom stereocenters. The number of nitrogens with zero attached hydrogens (tertiary/aromatic N) is 1. The lowest BCUT2D eigenvalue weighted by molar-refractivity contribution is -0.144. The number of halogens is 1. The van der Waals surface area contributed by atoms with Gasteiger partial charge in [0.1, 0.15) is 0 Å². The van der Waals surface area contributed by atoms with Gasteiger partial charge in [0.25, 0.3) is 0 Å². The summed E-state index contributed by atoms with van der Waals surface area (Å²) in [6, 6.07) is 7.52. The van der Waals surface area contributed by atoms with Crippen LogP contribution in [0, 0.1) is 5.92 Å². The van der Waals surface area contributed by atoms with Gasteiger partial charge in [-0.25, -0.2) is 0 Å². The molecule has 1 fully saturated rings. The number of carboxylic acids is 1. The molecule has 2 rings (SSSR count). The number of nitrogens with one attached hydrogen (secondary N) is 1. The first kappa shape index (κ1) is 16.0. The van der Waals surface area contributed by atoms with E-state index in [4.69, 9.17) is 5.11 Å². The third-order valence-electron chi connectivity index (χ3n) is 3.84. The Morgan fingerprint density at radius 3 is 2.62 bits per heavy atom. The zero-order chi connectivity index (χ0) is 15.4. The fraction of sp³-hybridized carbons (Fsp3) is 0.467. The third-order valence-corrected chi connectivity index (χ3v) is 4.37. The van der Waals surface area contributed by atoms with Crippen LogP contribution in [0.3, 0.4) is 0 Å². The fourth-order valence-corrected chi connectivity index (χ4v) is 2.86. The van der Waals surface area contributed by atoms with Crippen LogP contribution in [0.15, 0.2) is 28.7 Å². The van der Waals surface area contributed by atoms with Crippen molar-refractivity contribution in [3.63, 3.8) is 0 Å². The number of piperidine rings is 1. The summed E-state index contributed by atoms with van der Waals surface area (Å²) >= 11 is 3.35. The molecule has 114 valence electrons. The summed E-state index contributed by atoms with van der Waals surface area (Å²) < 4.78 is 0.963. The van der Waals surface area contributed by atoms with Gasteiger partial charge in [0.15, 0.2) is 0 Å².